The number of rotatable bonds is 7. The van der Waals surface area contributed by atoms with E-state index in [0.29, 0.717) is 11.6 Å². The van der Waals surface area contributed by atoms with E-state index in [1.165, 1.54) is 23.3 Å². The normalized spacial score (nSPS) is 13.8. The van der Waals surface area contributed by atoms with Crippen LogP contribution in [0.4, 0.5) is 5.13 Å². The van der Waals surface area contributed by atoms with Crippen LogP contribution < -0.4 is 4.90 Å². The molecule has 0 atom stereocenters. The average molecular weight is 455 g/mol. The minimum absolute atomic E-state index is 0.318. The second-order valence-corrected chi connectivity index (χ2v) is 9.45. The molecule has 33 heavy (non-hydrogen) atoms. The zero-order chi connectivity index (χ0) is 22.6. The zero-order valence-corrected chi connectivity index (χ0v) is 19.2. The Morgan fingerprint density at radius 1 is 0.879 bits per heavy atom. The van der Waals surface area contributed by atoms with Gasteiger partial charge in [-0.05, 0) is 36.1 Å². The van der Waals surface area contributed by atoms with Gasteiger partial charge >= 0.3 is 5.97 Å². The van der Waals surface area contributed by atoms with Crippen LogP contribution in [0.5, 0.6) is 0 Å². The quantitative estimate of drug-likeness (QED) is 0.323. The van der Waals surface area contributed by atoms with Crippen molar-refractivity contribution < 1.29 is 9.90 Å². The molecule has 4 aromatic rings. The van der Waals surface area contributed by atoms with E-state index in [-0.39, 0.29) is 0 Å². The predicted molar refractivity (Wildman–Crippen MR) is 135 cm³/mol. The van der Waals surface area contributed by atoms with Crippen molar-refractivity contribution in [3.63, 3.8) is 0 Å². The highest BCUT2D eigenvalue weighted by Crippen LogP contribution is 2.42. The van der Waals surface area contributed by atoms with Crippen molar-refractivity contribution >= 4 is 22.4 Å². The number of hydrogen-bond acceptors (Lipinski definition) is 4. The van der Waals surface area contributed by atoms with Gasteiger partial charge in [-0.3, -0.25) is 0 Å². The second-order valence-electron chi connectivity index (χ2n) is 8.47. The lowest BCUT2D eigenvalue weighted by molar-refractivity contribution is 0.0697. The first-order chi connectivity index (χ1) is 16.2. The molecule has 0 unspecified atom stereocenters. The number of anilines is 1. The molecule has 1 saturated carbocycles. The van der Waals surface area contributed by atoms with Gasteiger partial charge in [-0.1, -0.05) is 97.0 Å². The number of benzene rings is 3. The molecule has 0 aliphatic heterocycles. The number of thiazole rings is 1. The fraction of sp³-hybridized carbons (Fsp3) is 0.214. The van der Waals surface area contributed by atoms with Gasteiger partial charge < -0.3 is 10.0 Å². The third-order valence-corrected chi connectivity index (χ3v) is 7.41. The summed E-state index contributed by atoms with van der Waals surface area (Å²) >= 11 is 1.75. The summed E-state index contributed by atoms with van der Waals surface area (Å²) in [5, 5.41) is 10.3. The van der Waals surface area contributed by atoms with Crippen molar-refractivity contribution in [2.45, 2.75) is 38.3 Å². The molecule has 5 rings (SSSR count). The van der Waals surface area contributed by atoms with E-state index in [4.69, 9.17) is 4.98 Å². The molecule has 0 radical (unpaired) electrons. The summed E-state index contributed by atoms with van der Waals surface area (Å²) in [5.74, 6) is -0.894. The van der Waals surface area contributed by atoms with E-state index in [1.807, 2.05) is 24.3 Å². The van der Waals surface area contributed by atoms with Gasteiger partial charge in [-0.25, -0.2) is 9.78 Å². The highest BCUT2D eigenvalue weighted by molar-refractivity contribution is 7.19. The lowest BCUT2D eigenvalue weighted by Gasteiger charge is -2.28. The van der Waals surface area contributed by atoms with E-state index in [9.17, 15) is 9.90 Å². The van der Waals surface area contributed by atoms with Crippen LogP contribution in [0.15, 0.2) is 84.9 Å². The van der Waals surface area contributed by atoms with Crippen LogP contribution in [0.25, 0.3) is 21.7 Å². The van der Waals surface area contributed by atoms with Gasteiger partial charge in [-0.2, -0.15) is 0 Å². The Kier molecular flexibility index (Phi) is 6.22. The molecule has 1 aliphatic rings. The molecule has 1 heterocycles. The number of carbonyl (C=O) groups is 1. The van der Waals surface area contributed by atoms with Crippen LogP contribution in [0.3, 0.4) is 0 Å². The second kappa shape index (κ2) is 9.59. The molecular formula is C28H26N2O2S. The Labute approximate surface area is 198 Å². The van der Waals surface area contributed by atoms with Gasteiger partial charge in [0.1, 0.15) is 0 Å². The molecule has 3 aromatic carbocycles. The van der Waals surface area contributed by atoms with Crippen molar-refractivity contribution in [2.24, 2.45) is 0 Å². The molecule has 1 aliphatic carbocycles. The van der Waals surface area contributed by atoms with Crippen molar-refractivity contribution in [2.75, 3.05) is 4.90 Å². The minimum atomic E-state index is -0.894. The summed E-state index contributed by atoms with van der Waals surface area (Å²) in [6.07, 6.45) is 4.80. The van der Waals surface area contributed by atoms with Crippen LogP contribution in [-0.2, 0) is 6.54 Å². The highest BCUT2D eigenvalue weighted by atomic mass is 32.1. The predicted octanol–water partition coefficient (Wildman–Crippen LogP) is 7.12. The SMILES string of the molecule is O=C(O)c1ccc(CN(c2nc(-c3ccccc3)c(-c3ccccc3)s2)C2CCCC2)cc1. The molecule has 0 saturated heterocycles. The third-order valence-electron chi connectivity index (χ3n) is 6.26. The molecule has 5 heteroatoms. The van der Waals surface area contributed by atoms with Gasteiger partial charge in [0, 0.05) is 18.2 Å². The van der Waals surface area contributed by atoms with Gasteiger partial charge in [0.05, 0.1) is 16.1 Å². The number of aromatic nitrogens is 1. The maximum atomic E-state index is 11.3. The lowest BCUT2D eigenvalue weighted by atomic mass is 10.1. The average Bonchev–Trinajstić information content (AvgIpc) is 3.55. The van der Waals surface area contributed by atoms with Gasteiger partial charge in [0.25, 0.3) is 0 Å². The maximum absolute atomic E-state index is 11.3. The molecule has 0 amide bonds. The van der Waals surface area contributed by atoms with Gasteiger partial charge in [-0.15, -0.1) is 0 Å². The number of carboxylic acid groups (broad SMARTS) is 1. The summed E-state index contributed by atoms with van der Waals surface area (Å²) in [4.78, 5) is 20.1. The Morgan fingerprint density at radius 3 is 2.09 bits per heavy atom. The molecule has 166 valence electrons. The van der Waals surface area contributed by atoms with Crippen LogP contribution in [0.2, 0.25) is 0 Å². The van der Waals surface area contributed by atoms with Crippen LogP contribution in [-0.4, -0.2) is 22.1 Å². The first-order valence-electron chi connectivity index (χ1n) is 11.4. The molecule has 1 aromatic heterocycles. The molecule has 4 nitrogen and oxygen atoms in total. The fourth-order valence-corrected chi connectivity index (χ4v) is 5.69. The van der Waals surface area contributed by atoms with Crippen LogP contribution in [0.1, 0.15) is 41.6 Å². The van der Waals surface area contributed by atoms with Crippen molar-refractivity contribution in [3.05, 3.63) is 96.1 Å². The van der Waals surface area contributed by atoms with Gasteiger partial charge in [0.2, 0.25) is 0 Å². The summed E-state index contributed by atoms with van der Waals surface area (Å²) in [5.41, 5.74) is 4.74. The Hall–Kier alpha value is -3.44. The zero-order valence-electron chi connectivity index (χ0n) is 18.4. The Morgan fingerprint density at radius 2 is 1.48 bits per heavy atom. The Bertz CT molecular complexity index is 1160. The monoisotopic (exact) mass is 454 g/mol. The fourth-order valence-electron chi connectivity index (χ4n) is 4.53. The molecule has 1 N–H and O–H groups in total. The van der Waals surface area contributed by atoms with Crippen LogP contribution in [0, 0.1) is 0 Å². The largest absolute Gasteiger partial charge is 0.478 e. The van der Waals surface area contributed by atoms with E-state index < -0.39 is 5.97 Å². The number of hydrogen-bond donors (Lipinski definition) is 1. The molecule has 1 fully saturated rings. The van der Waals surface area contributed by atoms with Crippen molar-refractivity contribution in [1.82, 2.24) is 4.98 Å². The van der Waals surface area contributed by atoms with E-state index in [2.05, 4.69) is 53.4 Å². The maximum Gasteiger partial charge on any atom is 0.335 e. The lowest BCUT2D eigenvalue weighted by Crippen LogP contribution is -2.32. The molecule has 0 bridgehead atoms. The summed E-state index contributed by atoms with van der Waals surface area (Å²) in [7, 11) is 0. The first-order valence-corrected chi connectivity index (χ1v) is 12.2. The van der Waals surface area contributed by atoms with E-state index in [0.717, 1.165) is 41.3 Å². The van der Waals surface area contributed by atoms with E-state index in [1.54, 1.807) is 23.5 Å². The molecular weight excluding hydrogens is 428 g/mol. The minimum Gasteiger partial charge on any atom is -0.478 e. The summed E-state index contributed by atoms with van der Waals surface area (Å²) < 4.78 is 0. The number of carboxylic acids is 1. The molecule has 0 spiro atoms. The first kappa shape index (κ1) is 21.4. The van der Waals surface area contributed by atoms with Gasteiger partial charge in [0.15, 0.2) is 5.13 Å². The smallest absolute Gasteiger partial charge is 0.335 e. The highest BCUT2D eigenvalue weighted by Gasteiger charge is 2.27. The third kappa shape index (κ3) is 4.69. The number of aromatic carboxylic acids is 1. The topological polar surface area (TPSA) is 53.4 Å². The van der Waals surface area contributed by atoms with Crippen molar-refractivity contribution in [3.8, 4) is 21.7 Å². The standard InChI is InChI=1S/C28H26N2O2S/c31-27(32)23-17-15-20(16-18-23)19-30(24-13-7-8-14-24)28-29-25(21-9-3-1-4-10-21)26(33-28)22-11-5-2-6-12-22/h1-6,9-12,15-18,24H,7-8,13-14,19H2,(H,31,32). The Balaban J connectivity index is 1.56. The van der Waals surface area contributed by atoms with Crippen molar-refractivity contribution in [1.29, 1.82) is 0 Å². The summed E-state index contributed by atoms with van der Waals surface area (Å²) in [6.45, 7) is 0.723. The van der Waals surface area contributed by atoms with Crippen LogP contribution >= 0.6 is 11.3 Å². The number of nitrogens with zero attached hydrogens (tertiary/aromatic N) is 2. The van der Waals surface area contributed by atoms with E-state index >= 15 is 0 Å². The summed E-state index contributed by atoms with van der Waals surface area (Å²) in [6, 6.07) is 28.5.